The van der Waals surface area contributed by atoms with Gasteiger partial charge in [0, 0.05) is 33.3 Å². The molecule has 27 heteroatoms. The summed E-state index contributed by atoms with van der Waals surface area (Å²) in [6, 6.07) is 21.6. The number of hydrogen-bond acceptors (Lipinski definition) is 14. The zero-order valence-electron chi connectivity index (χ0n) is 32.4. The van der Waals surface area contributed by atoms with E-state index in [9.17, 15) is 43.3 Å². The molecular formula is C36H30Cl2N10O10S4Zn. The van der Waals surface area contributed by atoms with Crippen LogP contribution in [0.3, 0.4) is 0 Å². The van der Waals surface area contributed by atoms with E-state index in [1.807, 2.05) is 9.44 Å². The van der Waals surface area contributed by atoms with Gasteiger partial charge in [-0.15, -0.1) is 0 Å². The van der Waals surface area contributed by atoms with Gasteiger partial charge >= 0.3 is 31.5 Å². The molecule has 63 heavy (non-hydrogen) atoms. The molecule has 0 fully saturated rings. The largest absolute Gasteiger partial charge is 2.00 e. The molecule has 0 aliphatic heterocycles. The number of hydrogen-bond donors (Lipinski definition) is 4. The summed E-state index contributed by atoms with van der Waals surface area (Å²) in [4.78, 5) is 38.9. The van der Waals surface area contributed by atoms with Crippen LogP contribution in [0.5, 0.6) is 0 Å². The van der Waals surface area contributed by atoms with Gasteiger partial charge in [-0.25, -0.2) is 52.7 Å². The number of carbonyl (C=O) groups excluding carboxylic acids is 2. The second-order valence-corrected chi connectivity index (χ2v) is 19.7. The van der Waals surface area contributed by atoms with Gasteiger partial charge in [-0.3, -0.25) is 9.44 Å². The Labute approximate surface area is 384 Å². The van der Waals surface area contributed by atoms with Crippen molar-refractivity contribution in [3.8, 4) is 0 Å². The SMILES string of the molecule is Cc1ccnc([N-]S(=O)(=O)c2ccc(NC(=O)NS(=O)(=O)c3ccc(Cl)cc3)cc2)n1.Cc1ccnc([N-]S(=O)(=O)c2ccc(NC(=O)NS(=O)(=O)c3ccc(Cl)cc3)cc2)n1.[Zn+2]. The van der Waals surface area contributed by atoms with E-state index in [-0.39, 0.29) is 62.3 Å². The van der Waals surface area contributed by atoms with Gasteiger partial charge in [-0.2, -0.15) is 0 Å². The van der Waals surface area contributed by atoms with Gasteiger partial charge in [0.05, 0.1) is 19.6 Å². The first-order valence-electron chi connectivity index (χ1n) is 17.0. The third-order valence-electron chi connectivity index (χ3n) is 7.49. The Hall–Kier alpha value is -5.82. The third kappa shape index (κ3) is 14.6. The van der Waals surface area contributed by atoms with Gasteiger partial charge < -0.3 is 30.6 Å². The average molecular weight is 1030 g/mol. The maximum atomic E-state index is 12.4. The van der Waals surface area contributed by atoms with Gasteiger partial charge in [0.25, 0.3) is 20.0 Å². The minimum Gasteiger partial charge on any atom is -0.366 e. The molecule has 20 nitrogen and oxygen atoms in total. The van der Waals surface area contributed by atoms with Crippen molar-refractivity contribution in [2.75, 3.05) is 10.6 Å². The van der Waals surface area contributed by atoms with Crippen LogP contribution in [0.15, 0.2) is 141 Å². The summed E-state index contributed by atoms with van der Waals surface area (Å²) in [5.41, 5.74) is 1.44. The third-order valence-corrected chi connectivity index (χ3v) is 13.2. The molecular weight excluding hydrogens is 997 g/mol. The minimum atomic E-state index is -4.11. The van der Waals surface area contributed by atoms with Crippen molar-refractivity contribution in [3.63, 3.8) is 0 Å². The van der Waals surface area contributed by atoms with E-state index in [1.54, 1.807) is 26.0 Å². The molecule has 0 unspecified atom stereocenters. The standard InChI is InChI=1S/2C18H16ClN5O5S2.Zn/c2*1-12-10-11-20-17(21-12)23-30(26,27)16-8-4-14(5-9-16)22-18(25)24-31(28,29)15-6-2-13(19)3-7-15;/h2*2-11H,1H3,(H3,20,21,22,23,24,25);/q;;+2/p-2. The van der Waals surface area contributed by atoms with Crippen molar-refractivity contribution in [2.45, 2.75) is 33.4 Å². The van der Waals surface area contributed by atoms with Gasteiger partial charge in [-0.05, 0) is 135 Å². The monoisotopic (exact) mass is 1020 g/mol. The van der Waals surface area contributed by atoms with Gasteiger partial charge in [0.1, 0.15) is 0 Å². The van der Waals surface area contributed by atoms with Crippen LogP contribution in [-0.2, 0) is 59.6 Å². The summed E-state index contributed by atoms with van der Waals surface area (Å²) < 4.78 is 109. The maximum Gasteiger partial charge on any atom is 2.00 e. The summed E-state index contributed by atoms with van der Waals surface area (Å²) in [7, 11) is -16.4. The summed E-state index contributed by atoms with van der Waals surface area (Å²) >= 11 is 11.4. The molecule has 0 saturated carbocycles. The van der Waals surface area contributed by atoms with E-state index in [4.69, 9.17) is 23.2 Å². The van der Waals surface area contributed by atoms with Crippen LogP contribution < -0.4 is 20.1 Å². The van der Waals surface area contributed by atoms with Crippen molar-refractivity contribution < 1.29 is 62.7 Å². The molecule has 4 aromatic carbocycles. The summed E-state index contributed by atoms with van der Waals surface area (Å²) in [5, 5.41) is 5.31. The Bertz CT molecular complexity index is 2840. The number of amides is 4. The number of urea groups is 2. The zero-order chi connectivity index (χ0) is 45.3. The Kier molecular flexibility index (Phi) is 16.6. The summed E-state index contributed by atoms with van der Waals surface area (Å²) in [5.74, 6) is -0.400. The topological polar surface area (TPSA) is 299 Å². The number of anilines is 2. The fourth-order valence-electron chi connectivity index (χ4n) is 4.60. The van der Waals surface area contributed by atoms with E-state index in [0.717, 1.165) is 0 Å². The quantitative estimate of drug-likeness (QED) is 0.0930. The molecule has 0 aliphatic rings. The number of aryl methyl sites for hydroxylation is 2. The van der Waals surface area contributed by atoms with Gasteiger partial charge in [0.15, 0.2) is 0 Å². The molecule has 0 radical (unpaired) electrons. The van der Waals surface area contributed by atoms with Crippen molar-refractivity contribution in [1.82, 2.24) is 29.4 Å². The second kappa shape index (κ2) is 21.0. The van der Waals surface area contributed by atoms with Gasteiger partial charge in [-0.1, -0.05) is 35.3 Å². The predicted molar refractivity (Wildman–Crippen MR) is 228 cm³/mol. The Balaban J connectivity index is 0.000000272. The first kappa shape index (κ1) is 49.8. The van der Waals surface area contributed by atoms with Crippen molar-refractivity contribution in [2.24, 2.45) is 0 Å². The molecule has 0 spiro atoms. The van der Waals surface area contributed by atoms with E-state index >= 15 is 0 Å². The predicted octanol–water partition coefficient (Wildman–Crippen LogP) is 6.68. The maximum absolute atomic E-state index is 12.4. The number of benzene rings is 4. The molecule has 2 aromatic heterocycles. The molecule has 6 rings (SSSR count). The van der Waals surface area contributed by atoms with Crippen LogP contribution in [0, 0.1) is 13.8 Å². The Morgan fingerprint density at radius 1 is 0.476 bits per heavy atom. The van der Waals surface area contributed by atoms with Crippen LogP contribution in [-0.4, -0.2) is 65.7 Å². The van der Waals surface area contributed by atoms with E-state index in [2.05, 4.69) is 40.0 Å². The number of aromatic nitrogens is 4. The van der Waals surface area contributed by atoms with Gasteiger partial charge in [0.2, 0.25) is 20.0 Å². The van der Waals surface area contributed by atoms with Crippen molar-refractivity contribution in [1.29, 1.82) is 0 Å². The number of halogens is 2. The Morgan fingerprint density at radius 2 is 0.778 bits per heavy atom. The number of rotatable bonds is 12. The van der Waals surface area contributed by atoms with Crippen LogP contribution in [0.25, 0.3) is 9.44 Å². The number of carbonyl (C=O) groups is 2. The molecule has 4 N–H and O–H groups in total. The molecule has 0 atom stereocenters. The average Bonchev–Trinajstić information content (AvgIpc) is 3.18. The molecule has 0 bridgehead atoms. The van der Waals surface area contributed by atoms with Crippen LogP contribution in [0.1, 0.15) is 11.4 Å². The first-order valence-corrected chi connectivity index (χ1v) is 23.6. The van der Waals surface area contributed by atoms with Crippen LogP contribution >= 0.6 is 23.2 Å². The Morgan fingerprint density at radius 3 is 1.08 bits per heavy atom. The molecule has 2 heterocycles. The second-order valence-electron chi connectivity index (χ2n) is 12.2. The minimum absolute atomic E-state index is 0. The summed E-state index contributed by atoms with van der Waals surface area (Å²) in [6.07, 6.45) is 2.78. The van der Waals surface area contributed by atoms with E-state index in [1.165, 1.54) is 109 Å². The van der Waals surface area contributed by atoms with E-state index < -0.39 is 52.2 Å². The molecule has 6 aromatic rings. The van der Waals surface area contributed by atoms with Crippen molar-refractivity contribution in [3.05, 3.63) is 152 Å². The van der Waals surface area contributed by atoms with Crippen LogP contribution in [0.4, 0.5) is 32.9 Å². The van der Waals surface area contributed by atoms with Crippen LogP contribution in [0.2, 0.25) is 10.0 Å². The summed E-state index contributed by atoms with van der Waals surface area (Å²) in [6.45, 7) is 3.35. The fraction of sp³-hybridized carbons (Fsp3) is 0.0556. The number of nitrogens with zero attached hydrogens (tertiary/aromatic N) is 6. The molecule has 0 saturated heterocycles. The molecule has 324 valence electrons. The molecule has 0 aliphatic carbocycles. The normalized spacial score (nSPS) is 11.4. The first-order chi connectivity index (χ1) is 29.1. The smallest absolute Gasteiger partial charge is 0.366 e. The fourth-order valence-corrected chi connectivity index (χ4v) is 8.45. The molecule has 4 amide bonds. The number of nitrogens with one attached hydrogen (secondary N) is 4. The number of sulfonamides is 4. The van der Waals surface area contributed by atoms with Crippen molar-refractivity contribution >= 4 is 98.6 Å². The zero-order valence-corrected chi connectivity index (χ0v) is 40.2. The van der Waals surface area contributed by atoms with E-state index in [0.29, 0.717) is 21.4 Å².